The molecule has 2 aromatic rings. The van der Waals surface area contributed by atoms with Gasteiger partial charge in [-0.2, -0.15) is 5.26 Å². The molecule has 1 aromatic carbocycles. The van der Waals surface area contributed by atoms with Crippen LogP contribution in [0.5, 0.6) is 0 Å². The van der Waals surface area contributed by atoms with E-state index in [1.165, 1.54) is 18.5 Å². The van der Waals surface area contributed by atoms with Crippen LogP contribution < -0.4 is 15.5 Å². The summed E-state index contributed by atoms with van der Waals surface area (Å²) >= 11 is 0. The van der Waals surface area contributed by atoms with Crippen LogP contribution in [0.1, 0.15) is 38.2 Å². The molecule has 2 atom stereocenters. The quantitative estimate of drug-likeness (QED) is 0.802. The predicted molar refractivity (Wildman–Crippen MR) is 112 cm³/mol. The fourth-order valence-corrected chi connectivity index (χ4v) is 3.96. The fourth-order valence-electron chi connectivity index (χ4n) is 3.96. The van der Waals surface area contributed by atoms with Gasteiger partial charge in [0.15, 0.2) is 0 Å². The van der Waals surface area contributed by atoms with Crippen molar-refractivity contribution in [2.45, 2.75) is 38.6 Å². The van der Waals surface area contributed by atoms with Gasteiger partial charge in [0.2, 0.25) is 6.41 Å². The number of benzene rings is 1. The van der Waals surface area contributed by atoms with Crippen LogP contribution in [0.4, 0.5) is 5.69 Å². The summed E-state index contributed by atoms with van der Waals surface area (Å²) in [7, 11) is 0. The molecule has 0 aliphatic carbocycles. The van der Waals surface area contributed by atoms with Crippen LogP contribution in [0.3, 0.4) is 0 Å². The lowest BCUT2D eigenvalue weighted by molar-refractivity contribution is -0.110. The summed E-state index contributed by atoms with van der Waals surface area (Å²) in [6.07, 6.45) is 7.15. The van der Waals surface area contributed by atoms with Gasteiger partial charge in [-0.25, -0.2) is 0 Å². The Morgan fingerprint density at radius 1 is 1.29 bits per heavy atom. The van der Waals surface area contributed by atoms with Crippen LogP contribution in [0, 0.1) is 17.2 Å². The first-order chi connectivity index (χ1) is 13.7. The normalized spacial score (nSPS) is 21.9. The molecule has 148 valence electrons. The van der Waals surface area contributed by atoms with Crippen LogP contribution in [0.2, 0.25) is 0 Å². The number of nitrogens with one attached hydrogen (secondary N) is 2. The minimum absolute atomic E-state index is 0.410. The van der Waals surface area contributed by atoms with Gasteiger partial charge in [0.05, 0.1) is 11.1 Å². The van der Waals surface area contributed by atoms with E-state index in [1.54, 1.807) is 6.20 Å². The maximum absolute atomic E-state index is 10.1. The number of aromatic nitrogens is 1. The second-order valence-electron chi connectivity index (χ2n) is 7.65. The smallest absolute Gasteiger partial charge is 0.207 e. The van der Waals surface area contributed by atoms with Crippen LogP contribution in [0.15, 0.2) is 30.5 Å². The van der Waals surface area contributed by atoms with Gasteiger partial charge in [0.25, 0.3) is 0 Å². The van der Waals surface area contributed by atoms with Crippen molar-refractivity contribution in [2.24, 2.45) is 5.92 Å². The van der Waals surface area contributed by atoms with Gasteiger partial charge >= 0.3 is 0 Å². The van der Waals surface area contributed by atoms with Crippen molar-refractivity contribution in [3.63, 3.8) is 0 Å². The summed E-state index contributed by atoms with van der Waals surface area (Å²) in [5.74, 6) is 0.743. The molecule has 2 aliphatic heterocycles. The van der Waals surface area contributed by atoms with E-state index >= 15 is 0 Å². The standard InChI is InChI=1S/C15H15N3.C7H14N2O/c1-11-6-8-18(10-11)14-5-4-12(9-16)15-13(14)3-2-7-17-15;10-6-9-7-2-1-4-8-5-3-7/h2-5,7,11H,6,8,10H2,1H3;6-8H,1-5H2,(H,9,10)/t11-;/m0./s1. The molecule has 1 amide bonds. The zero-order valence-electron chi connectivity index (χ0n) is 16.5. The number of amides is 1. The van der Waals surface area contributed by atoms with Crippen molar-refractivity contribution >= 4 is 23.0 Å². The van der Waals surface area contributed by atoms with E-state index in [9.17, 15) is 4.79 Å². The first-order valence-electron chi connectivity index (χ1n) is 10.2. The number of nitrogens with zero attached hydrogens (tertiary/aromatic N) is 3. The van der Waals surface area contributed by atoms with Crippen molar-refractivity contribution in [1.82, 2.24) is 15.6 Å². The highest BCUT2D eigenvalue weighted by Gasteiger charge is 2.21. The average molecular weight is 380 g/mol. The van der Waals surface area contributed by atoms with Crippen molar-refractivity contribution in [3.05, 3.63) is 36.0 Å². The highest BCUT2D eigenvalue weighted by molar-refractivity contribution is 5.95. The van der Waals surface area contributed by atoms with Gasteiger partial charge in [-0.15, -0.1) is 0 Å². The van der Waals surface area contributed by atoms with Gasteiger partial charge in [-0.1, -0.05) is 6.92 Å². The van der Waals surface area contributed by atoms with E-state index in [0.29, 0.717) is 11.6 Å². The van der Waals surface area contributed by atoms with Crippen LogP contribution >= 0.6 is 0 Å². The van der Waals surface area contributed by atoms with E-state index < -0.39 is 0 Å². The molecule has 6 nitrogen and oxygen atoms in total. The number of hydrogen-bond donors (Lipinski definition) is 2. The SMILES string of the molecule is C[C@H]1CCN(c2ccc(C#N)c3ncccc23)C1.O=CNC1CCCNCC1. The molecule has 2 saturated heterocycles. The molecule has 2 fully saturated rings. The topological polar surface area (TPSA) is 81.0 Å². The largest absolute Gasteiger partial charge is 0.371 e. The van der Waals surface area contributed by atoms with Gasteiger partial charge in [0, 0.05) is 36.4 Å². The highest BCUT2D eigenvalue weighted by atomic mass is 16.1. The average Bonchev–Trinajstić information content (AvgIpc) is 2.99. The molecule has 1 unspecified atom stereocenters. The van der Waals surface area contributed by atoms with E-state index in [4.69, 9.17) is 5.26 Å². The monoisotopic (exact) mass is 379 g/mol. The third-order valence-electron chi connectivity index (χ3n) is 5.51. The lowest BCUT2D eigenvalue weighted by atomic mass is 10.1. The van der Waals surface area contributed by atoms with Crippen molar-refractivity contribution in [1.29, 1.82) is 5.26 Å². The zero-order chi connectivity index (χ0) is 19.8. The van der Waals surface area contributed by atoms with Gasteiger partial charge < -0.3 is 15.5 Å². The number of carbonyl (C=O) groups excluding carboxylic acids is 1. The number of rotatable bonds is 3. The van der Waals surface area contributed by atoms with E-state index in [2.05, 4.69) is 45.6 Å². The summed E-state index contributed by atoms with van der Waals surface area (Å²) in [5.41, 5.74) is 2.68. The summed E-state index contributed by atoms with van der Waals surface area (Å²) in [6.45, 7) is 6.60. The third kappa shape index (κ3) is 4.99. The van der Waals surface area contributed by atoms with E-state index in [1.807, 2.05) is 12.1 Å². The summed E-state index contributed by atoms with van der Waals surface area (Å²) in [6, 6.07) is 10.6. The predicted octanol–water partition coefficient (Wildman–Crippen LogP) is 2.83. The number of carbonyl (C=O) groups is 1. The highest BCUT2D eigenvalue weighted by Crippen LogP contribution is 2.31. The van der Waals surface area contributed by atoms with Crippen molar-refractivity contribution in [2.75, 3.05) is 31.1 Å². The molecule has 2 aliphatic rings. The van der Waals surface area contributed by atoms with Crippen LogP contribution in [-0.4, -0.2) is 43.6 Å². The Morgan fingerprint density at radius 3 is 2.93 bits per heavy atom. The Balaban J connectivity index is 0.000000192. The number of nitriles is 1. The molecular weight excluding hydrogens is 350 g/mol. The Kier molecular flexibility index (Phi) is 7.21. The summed E-state index contributed by atoms with van der Waals surface area (Å²) in [4.78, 5) is 16.8. The summed E-state index contributed by atoms with van der Waals surface area (Å²) < 4.78 is 0. The second-order valence-corrected chi connectivity index (χ2v) is 7.65. The first-order valence-corrected chi connectivity index (χ1v) is 10.2. The zero-order valence-corrected chi connectivity index (χ0v) is 16.5. The van der Waals surface area contributed by atoms with Gasteiger partial charge in [-0.3, -0.25) is 9.78 Å². The van der Waals surface area contributed by atoms with Crippen LogP contribution in [0.25, 0.3) is 10.9 Å². The lowest BCUT2D eigenvalue weighted by Gasteiger charge is -2.20. The number of hydrogen-bond acceptors (Lipinski definition) is 5. The number of fused-ring (bicyclic) bond motifs is 1. The molecule has 0 radical (unpaired) electrons. The molecule has 0 saturated carbocycles. The fraction of sp³-hybridized carbons (Fsp3) is 0.500. The van der Waals surface area contributed by atoms with Gasteiger partial charge in [0.1, 0.15) is 6.07 Å². The maximum atomic E-state index is 10.1. The van der Waals surface area contributed by atoms with Crippen molar-refractivity contribution < 1.29 is 4.79 Å². The Bertz CT molecular complexity index is 823. The molecule has 4 rings (SSSR count). The number of pyridine rings is 1. The first kappa shape index (κ1) is 20.1. The minimum atomic E-state index is 0.410. The Morgan fingerprint density at radius 2 is 2.18 bits per heavy atom. The third-order valence-corrected chi connectivity index (χ3v) is 5.51. The molecule has 6 heteroatoms. The van der Waals surface area contributed by atoms with Crippen molar-refractivity contribution in [3.8, 4) is 6.07 Å². The second kappa shape index (κ2) is 10.0. The molecule has 2 N–H and O–H groups in total. The molecule has 1 aromatic heterocycles. The van der Waals surface area contributed by atoms with E-state index in [0.717, 1.165) is 62.3 Å². The molecule has 0 spiro atoms. The molecule has 3 heterocycles. The maximum Gasteiger partial charge on any atom is 0.207 e. The molecule has 28 heavy (non-hydrogen) atoms. The minimum Gasteiger partial charge on any atom is -0.371 e. The Hall–Kier alpha value is -2.65. The Labute approximate surface area is 166 Å². The van der Waals surface area contributed by atoms with E-state index in [-0.39, 0.29) is 0 Å². The number of anilines is 1. The van der Waals surface area contributed by atoms with Crippen LogP contribution in [-0.2, 0) is 4.79 Å². The lowest BCUT2D eigenvalue weighted by Crippen LogP contribution is -2.28. The molecular formula is C22H29N5O. The molecule has 0 bridgehead atoms. The summed E-state index contributed by atoms with van der Waals surface area (Å²) in [5, 5.41) is 16.3. The van der Waals surface area contributed by atoms with Gasteiger partial charge in [-0.05, 0) is 69.0 Å².